The SMILES string of the molecule is C=C(C)C(=O)NCCc1ccc(Oc2cc3c4c(cc(Oc5ccc(CCNC(=O)C(=C)C)cc5)c5c6c(Oc7ccc(CCNC(=O)C(=C)C)cc7)cc7c8c(cc(Oc9ccc(CCNC(=O)C(=C)C)cc9)c(c2c45)c86)C(=O)N(CC(=O)NC2CCCCC2)C7=O)C(=O)N(CC(=O)NC2CCCCC2)C3=O)cc1. The van der Waals surface area contributed by atoms with Crippen LogP contribution in [0.3, 0.4) is 0 Å². The molecule has 564 valence electrons. The van der Waals surface area contributed by atoms with E-state index in [-0.39, 0.29) is 147 Å². The van der Waals surface area contributed by atoms with Crippen molar-refractivity contribution in [1.29, 1.82) is 0 Å². The fourth-order valence-corrected chi connectivity index (χ4v) is 14.8. The summed E-state index contributed by atoms with van der Waals surface area (Å²) in [5, 5.41) is 19.2. The quantitative estimate of drug-likeness (QED) is 0.0106. The molecule has 2 saturated carbocycles. The molecule has 110 heavy (non-hydrogen) atoms. The molecular formula is C88H88N8O14. The summed E-state index contributed by atoms with van der Waals surface area (Å²) in [6.07, 6.45) is 10.3. The van der Waals surface area contributed by atoms with Gasteiger partial charge in [-0.2, -0.15) is 0 Å². The molecule has 2 aliphatic carbocycles. The van der Waals surface area contributed by atoms with Crippen molar-refractivity contribution < 1.29 is 66.9 Å². The highest BCUT2D eigenvalue weighted by Crippen LogP contribution is 2.58. The Labute approximate surface area is 637 Å². The fourth-order valence-electron chi connectivity index (χ4n) is 14.8. The minimum Gasteiger partial charge on any atom is -0.457 e. The van der Waals surface area contributed by atoms with E-state index in [0.717, 1.165) is 96.3 Å². The van der Waals surface area contributed by atoms with E-state index < -0.39 is 48.5 Å². The predicted molar refractivity (Wildman–Crippen MR) is 421 cm³/mol. The van der Waals surface area contributed by atoms with Crippen molar-refractivity contribution in [3.05, 3.63) is 214 Å². The smallest absolute Gasteiger partial charge is 0.262 e. The van der Waals surface area contributed by atoms with Crippen molar-refractivity contribution in [2.45, 2.75) is 130 Å². The number of carbonyl (C=O) groups excluding carboxylic acids is 10. The number of amides is 10. The second kappa shape index (κ2) is 32.9. The monoisotopic (exact) mass is 1480 g/mol. The number of ether oxygens (including phenoxy) is 4. The lowest BCUT2D eigenvalue weighted by molar-refractivity contribution is -0.123. The summed E-state index contributed by atoms with van der Waals surface area (Å²) in [7, 11) is 0. The van der Waals surface area contributed by atoms with Crippen molar-refractivity contribution in [3.8, 4) is 46.0 Å². The molecule has 0 aromatic heterocycles. The summed E-state index contributed by atoms with van der Waals surface area (Å²) in [4.78, 5) is 144. The lowest BCUT2D eigenvalue weighted by Crippen LogP contribution is -2.48. The predicted octanol–water partition coefficient (Wildman–Crippen LogP) is 13.9. The molecule has 0 saturated heterocycles. The Morgan fingerprint density at radius 3 is 0.782 bits per heavy atom. The summed E-state index contributed by atoms with van der Waals surface area (Å²) in [5.41, 5.74) is 4.64. The maximum atomic E-state index is 15.9. The van der Waals surface area contributed by atoms with Gasteiger partial charge in [0.05, 0.1) is 22.3 Å². The molecule has 22 heteroatoms. The van der Waals surface area contributed by atoms with Crippen molar-refractivity contribution in [2.24, 2.45) is 0 Å². The van der Waals surface area contributed by atoms with Crippen molar-refractivity contribution in [2.75, 3.05) is 39.3 Å². The van der Waals surface area contributed by atoms with Crippen LogP contribution in [0.2, 0.25) is 0 Å². The van der Waals surface area contributed by atoms with Gasteiger partial charge in [-0.05, 0) is 174 Å². The summed E-state index contributed by atoms with van der Waals surface area (Å²) in [6, 6.07) is 34.3. The number of fused-ring (bicyclic) bond motifs is 2. The molecule has 10 amide bonds. The average molecular weight is 1480 g/mol. The molecule has 22 nitrogen and oxygen atoms in total. The summed E-state index contributed by atoms with van der Waals surface area (Å²) in [5.74, 6) is -4.33. The molecule has 0 bridgehead atoms. The summed E-state index contributed by atoms with van der Waals surface area (Å²) < 4.78 is 28.9. The second-order valence-electron chi connectivity index (χ2n) is 29.0. The minimum absolute atomic E-state index is 0.0195. The van der Waals surface area contributed by atoms with Crippen molar-refractivity contribution >= 4 is 102 Å². The van der Waals surface area contributed by atoms with Crippen molar-refractivity contribution in [1.82, 2.24) is 41.7 Å². The Morgan fingerprint density at radius 2 is 0.564 bits per heavy atom. The minimum atomic E-state index is -0.814. The number of rotatable bonds is 30. The van der Waals surface area contributed by atoms with Crippen LogP contribution in [0.5, 0.6) is 46.0 Å². The van der Waals surface area contributed by atoms with E-state index >= 15 is 19.2 Å². The van der Waals surface area contributed by atoms with Gasteiger partial charge in [-0.25, -0.2) is 0 Å². The number of nitrogens with zero attached hydrogens (tertiary/aromatic N) is 2. The van der Waals surface area contributed by atoms with E-state index in [4.69, 9.17) is 18.9 Å². The van der Waals surface area contributed by atoms with Crippen LogP contribution in [0.15, 0.2) is 170 Å². The molecule has 0 radical (unpaired) electrons. The van der Waals surface area contributed by atoms with Crippen LogP contribution < -0.4 is 50.8 Å². The van der Waals surface area contributed by atoms with Crippen LogP contribution in [0, 0.1) is 0 Å². The highest BCUT2D eigenvalue weighted by atomic mass is 16.5. The maximum absolute atomic E-state index is 15.9. The largest absolute Gasteiger partial charge is 0.457 e. The fraction of sp³-hybridized carbons (Fsp3) is 0.295. The van der Waals surface area contributed by atoms with Gasteiger partial charge >= 0.3 is 0 Å². The molecule has 6 N–H and O–H groups in total. The molecule has 13 rings (SSSR count). The lowest BCUT2D eigenvalue weighted by atomic mass is 9.80. The second-order valence-corrected chi connectivity index (χ2v) is 29.0. The Hall–Kier alpha value is -12.5. The third kappa shape index (κ3) is 16.5. The number of nitrogens with one attached hydrogen (secondary N) is 6. The lowest BCUT2D eigenvalue weighted by Gasteiger charge is -2.32. The van der Waals surface area contributed by atoms with Crippen LogP contribution in [0.4, 0.5) is 0 Å². The molecule has 2 heterocycles. The number of carbonyl (C=O) groups is 10. The molecule has 9 aromatic carbocycles. The van der Waals surface area contributed by atoms with E-state index in [0.29, 0.717) is 74.2 Å². The first kappa shape index (κ1) is 75.8. The van der Waals surface area contributed by atoms with Crippen LogP contribution in [-0.4, -0.2) is 120 Å². The molecule has 0 spiro atoms. The van der Waals surface area contributed by atoms with Crippen LogP contribution in [-0.2, 0) is 54.5 Å². The zero-order valence-electron chi connectivity index (χ0n) is 62.3. The van der Waals surface area contributed by atoms with Crippen LogP contribution >= 0.6 is 0 Å². The number of benzene rings is 9. The normalized spacial score (nSPS) is 14.3. The topological polar surface area (TPSA) is 286 Å². The molecule has 2 fully saturated rings. The van der Waals surface area contributed by atoms with Gasteiger partial charge in [0, 0.05) is 104 Å². The number of imide groups is 2. The highest BCUT2D eigenvalue weighted by Gasteiger charge is 2.43. The van der Waals surface area contributed by atoms with Gasteiger partial charge in [-0.3, -0.25) is 57.7 Å². The van der Waals surface area contributed by atoms with Gasteiger partial charge in [0.15, 0.2) is 0 Å². The zero-order chi connectivity index (χ0) is 77.6. The third-order valence-corrected chi connectivity index (χ3v) is 20.6. The van der Waals surface area contributed by atoms with E-state index in [1.165, 1.54) is 24.3 Å². The molecule has 0 atom stereocenters. The van der Waals surface area contributed by atoms with Gasteiger partial charge < -0.3 is 50.8 Å². The Morgan fingerprint density at radius 1 is 0.336 bits per heavy atom. The van der Waals surface area contributed by atoms with Gasteiger partial charge in [0.1, 0.15) is 59.1 Å². The van der Waals surface area contributed by atoms with E-state index in [1.54, 1.807) is 76.2 Å². The highest BCUT2D eigenvalue weighted by molar-refractivity contribution is 6.45. The number of hydrogen-bond acceptors (Lipinski definition) is 14. The van der Waals surface area contributed by atoms with Gasteiger partial charge in [0.25, 0.3) is 23.6 Å². The molecule has 4 aliphatic rings. The first-order valence-electron chi connectivity index (χ1n) is 37.5. The van der Waals surface area contributed by atoms with E-state index in [9.17, 15) is 28.8 Å². The van der Waals surface area contributed by atoms with Gasteiger partial charge in [-0.1, -0.05) is 113 Å². The van der Waals surface area contributed by atoms with Gasteiger partial charge in [0.2, 0.25) is 35.4 Å². The maximum Gasteiger partial charge on any atom is 0.262 e. The molecule has 0 unspecified atom stereocenters. The van der Waals surface area contributed by atoms with Gasteiger partial charge in [-0.15, -0.1) is 0 Å². The molecule has 9 aromatic rings. The summed E-state index contributed by atoms with van der Waals surface area (Å²) in [6.45, 7) is 21.4. The Bertz CT molecular complexity index is 4660. The Balaban J connectivity index is 1.09. The molecule has 2 aliphatic heterocycles. The van der Waals surface area contributed by atoms with Crippen LogP contribution in [0.25, 0.3) is 43.1 Å². The standard InChI is InChI=1S/C88H88N8O14/c1-49(2)81(99)89-39-35-53-19-27-59(28-20-53)107-67-43-63-73-64(86(104)95(85(63)103)47-71(97)93-57-15-11-9-12-16-57)45-69(109-61-31-23-55(24-32-61)37-41-91-83(101)51(5)6)77-78-70(110-62-33-25-56(26-34-62)38-42-92-84(102)52(7)8)46-66-74-65(87(105)96(88(66)106)48-72(98)94-58-17-13-10-14-18-58)44-68(76(80(74)78)75(67)79(73)77)108-60-29-21-54(22-30-60)36-40-90-82(100)50(3)4/h19-34,43-46,57-58H,1,3,5,7,9-18,35-42,47-48H2,2,4,6,8H3,(H,89,99)(H,90,100)(H,91,101)(H,92,102)(H,93,97)(H,94,98). The van der Waals surface area contributed by atoms with E-state index in [1.807, 2.05) is 48.5 Å². The van der Waals surface area contributed by atoms with Crippen LogP contribution in [0.1, 0.15) is 156 Å². The zero-order valence-corrected chi connectivity index (χ0v) is 62.3. The summed E-state index contributed by atoms with van der Waals surface area (Å²) >= 11 is 0. The first-order valence-corrected chi connectivity index (χ1v) is 37.5. The third-order valence-electron chi connectivity index (χ3n) is 20.6. The molecular weight excluding hydrogens is 1390 g/mol. The average Bonchev–Trinajstić information content (AvgIpc) is 0.672. The van der Waals surface area contributed by atoms with E-state index in [2.05, 4.69) is 58.2 Å². The number of hydrogen-bond donors (Lipinski definition) is 6. The Kier molecular flexibility index (Phi) is 22.7. The first-order chi connectivity index (χ1) is 53.0. The van der Waals surface area contributed by atoms with Crippen molar-refractivity contribution in [3.63, 3.8) is 0 Å².